The summed E-state index contributed by atoms with van der Waals surface area (Å²) >= 11 is 0. The van der Waals surface area contributed by atoms with E-state index in [1.54, 1.807) is 7.05 Å². The number of nitrogens with one attached hydrogen (secondary N) is 2. The van der Waals surface area contributed by atoms with Crippen molar-refractivity contribution < 1.29 is 4.79 Å². The zero-order valence-corrected chi connectivity index (χ0v) is 19.2. The first-order valence-corrected chi connectivity index (χ1v) is 11.2. The third kappa shape index (κ3) is 6.00. The summed E-state index contributed by atoms with van der Waals surface area (Å²) in [7, 11) is 1.80. The molecule has 1 saturated heterocycles. The maximum atomic E-state index is 12.4. The number of amides is 1. The maximum Gasteiger partial charge on any atom is 0.253 e. The van der Waals surface area contributed by atoms with Gasteiger partial charge in [0.15, 0.2) is 5.96 Å². The molecule has 2 N–H and O–H groups in total. The molecule has 31 heavy (non-hydrogen) atoms. The third-order valence-electron chi connectivity index (χ3n) is 5.86. The maximum absolute atomic E-state index is 12.4. The summed E-state index contributed by atoms with van der Waals surface area (Å²) in [5.41, 5.74) is 4.41. The molecule has 1 aliphatic rings. The van der Waals surface area contributed by atoms with E-state index in [0.717, 1.165) is 49.7 Å². The summed E-state index contributed by atoms with van der Waals surface area (Å²) in [6.07, 6.45) is 1.08. The van der Waals surface area contributed by atoms with Gasteiger partial charge in [0.1, 0.15) is 0 Å². The molecule has 1 amide bonds. The van der Waals surface area contributed by atoms with Crippen molar-refractivity contribution in [3.8, 4) is 0 Å². The molecule has 0 bridgehead atoms. The number of aryl methyl sites for hydroxylation is 1. The van der Waals surface area contributed by atoms with Gasteiger partial charge in [0.25, 0.3) is 5.91 Å². The van der Waals surface area contributed by atoms with E-state index in [2.05, 4.69) is 51.7 Å². The van der Waals surface area contributed by atoms with E-state index in [1.165, 1.54) is 11.3 Å². The summed E-state index contributed by atoms with van der Waals surface area (Å²) in [5.74, 6) is 0.889. The van der Waals surface area contributed by atoms with E-state index in [4.69, 9.17) is 0 Å². The summed E-state index contributed by atoms with van der Waals surface area (Å²) in [5, 5.41) is 6.94. The molecule has 1 heterocycles. The SMILES string of the molecule is CCN(CC)C(=O)c1ccc(CNC(=NC)NC2CCN(c3ccc(C)cc3)C2)cc1. The van der Waals surface area contributed by atoms with Gasteiger partial charge in [-0.25, -0.2) is 0 Å². The molecule has 2 aromatic rings. The van der Waals surface area contributed by atoms with Gasteiger partial charge in [-0.15, -0.1) is 0 Å². The molecule has 2 aromatic carbocycles. The minimum atomic E-state index is 0.0846. The molecule has 6 heteroatoms. The van der Waals surface area contributed by atoms with Crippen LogP contribution in [0, 0.1) is 6.92 Å². The summed E-state index contributed by atoms with van der Waals surface area (Å²) in [6.45, 7) is 10.2. The molecule has 1 aliphatic heterocycles. The monoisotopic (exact) mass is 421 g/mol. The molecular weight excluding hydrogens is 386 g/mol. The van der Waals surface area contributed by atoms with E-state index >= 15 is 0 Å². The minimum Gasteiger partial charge on any atom is -0.369 e. The van der Waals surface area contributed by atoms with Crippen LogP contribution in [0.4, 0.5) is 5.69 Å². The number of aliphatic imine (C=N–C) groups is 1. The Bertz CT molecular complexity index is 872. The highest BCUT2D eigenvalue weighted by molar-refractivity contribution is 5.94. The number of anilines is 1. The number of nitrogens with zero attached hydrogens (tertiary/aromatic N) is 3. The van der Waals surface area contributed by atoms with Gasteiger partial charge in [-0.05, 0) is 57.0 Å². The Morgan fingerprint density at radius 3 is 2.39 bits per heavy atom. The van der Waals surface area contributed by atoms with Gasteiger partial charge >= 0.3 is 0 Å². The Morgan fingerprint density at radius 1 is 1.10 bits per heavy atom. The number of carbonyl (C=O) groups is 1. The van der Waals surface area contributed by atoms with Gasteiger partial charge in [0.2, 0.25) is 0 Å². The van der Waals surface area contributed by atoms with Crippen LogP contribution in [0.25, 0.3) is 0 Å². The van der Waals surface area contributed by atoms with Gasteiger partial charge in [0.05, 0.1) is 0 Å². The number of benzene rings is 2. The number of rotatable bonds is 7. The lowest BCUT2D eigenvalue weighted by Crippen LogP contribution is -2.44. The van der Waals surface area contributed by atoms with E-state index < -0.39 is 0 Å². The van der Waals surface area contributed by atoms with E-state index in [9.17, 15) is 4.79 Å². The largest absolute Gasteiger partial charge is 0.369 e. The van der Waals surface area contributed by atoms with Crippen LogP contribution in [-0.2, 0) is 6.54 Å². The van der Waals surface area contributed by atoms with Crippen molar-refractivity contribution in [2.45, 2.75) is 39.8 Å². The Labute approximate surface area is 186 Å². The van der Waals surface area contributed by atoms with Crippen molar-refractivity contribution in [1.29, 1.82) is 0 Å². The van der Waals surface area contributed by atoms with Crippen LogP contribution in [0.15, 0.2) is 53.5 Å². The van der Waals surface area contributed by atoms with Gasteiger partial charge in [0, 0.05) is 57.1 Å². The first-order valence-electron chi connectivity index (χ1n) is 11.2. The number of hydrogen-bond donors (Lipinski definition) is 2. The van der Waals surface area contributed by atoms with Crippen molar-refractivity contribution >= 4 is 17.6 Å². The average Bonchev–Trinajstić information content (AvgIpc) is 3.26. The predicted octanol–water partition coefficient (Wildman–Crippen LogP) is 3.42. The smallest absolute Gasteiger partial charge is 0.253 e. The van der Waals surface area contributed by atoms with E-state index in [1.807, 2.05) is 43.0 Å². The van der Waals surface area contributed by atoms with Crippen LogP contribution in [0.3, 0.4) is 0 Å². The van der Waals surface area contributed by atoms with Crippen LogP contribution in [0.1, 0.15) is 41.8 Å². The van der Waals surface area contributed by atoms with Crippen LogP contribution < -0.4 is 15.5 Å². The molecule has 3 rings (SSSR count). The lowest BCUT2D eigenvalue weighted by molar-refractivity contribution is 0.0773. The second-order valence-electron chi connectivity index (χ2n) is 8.01. The molecule has 0 saturated carbocycles. The summed E-state index contributed by atoms with van der Waals surface area (Å²) in [4.78, 5) is 21.1. The summed E-state index contributed by atoms with van der Waals surface area (Å²) in [6, 6.07) is 16.9. The summed E-state index contributed by atoms with van der Waals surface area (Å²) < 4.78 is 0. The topological polar surface area (TPSA) is 60.0 Å². The van der Waals surface area contributed by atoms with Gasteiger partial charge < -0.3 is 20.4 Å². The van der Waals surface area contributed by atoms with Crippen LogP contribution in [0.5, 0.6) is 0 Å². The number of guanidine groups is 1. The minimum absolute atomic E-state index is 0.0846. The first kappa shape index (κ1) is 22.7. The van der Waals surface area contributed by atoms with Crippen LogP contribution >= 0.6 is 0 Å². The van der Waals surface area contributed by atoms with Crippen molar-refractivity contribution in [2.75, 3.05) is 38.1 Å². The first-order chi connectivity index (χ1) is 15.0. The highest BCUT2D eigenvalue weighted by Gasteiger charge is 2.23. The Hall–Kier alpha value is -3.02. The molecule has 6 nitrogen and oxygen atoms in total. The number of hydrogen-bond acceptors (Lipinski definition) is 3. The molecule has 1 fully saturated rings. The van der Waals surface area contributed by atoms with Crippen LogP contribution in [-0.4, -0.2) is 56.0 Å². The molecule has 166 valence electrons. The molecule has 0 radical (unpaired) electrons. The van der Waals surface area contributed by atoms with Crippen molar-refractivity contribution in [1.82, 2.24) is 15.5 Å². The van der Waals surface area contributed by atoms with E-state index in [-0.39, 0.29) is 5.91 Å². The van der Waals surface area contributed by atoms with Crippen LogP contribution in [0.2, 0.25) is 0 Å². The fraction of sp³-hybridized carbons (Fsp3) is 0.440. The third-order valence-corrected chi connectivity index (χ3v) is 5.86. The van der Waals surface area contributed by atoms with Gasteiger partial charge in [-0.3, -0.25) is 9.79 Å². The average molecular weight is 422 g/mol. The zero-order valence-electron chi connectivity index (χ0n) is 19.2. The normalized spacial score (nSPS) is 16.3. The molecule has 1 unspecified atom stereocenters. The highest BCUT2D eigenvalue weighted by atomic mass is 16.2. The second-order valence-corrected chi connectivity index (χ2v) is 8.01. The van der Waals surface area contributed by atoms with Crippen molar-refractivity contribution in [3.05, 3.63) is 65.2 Å². The lowest BCUT2D eigenvalue weighted by atomic mass is 10.1. The van der Waals surface area contributed by atoms with Crippen molar-refractivity contribution in [3.63, 3.8) is 0 Å². The zero-order chi connectivity index (χ0) is 22.2. The molecule has 0 spiro atoms. The highest BCUT2D eigenvalue weighted by Crippen LogP contribution is 2.20. The number of carbonyl (C=O) groups excluding carboxylic acids is 1. The quantitative estimate of drug-likeness (QED) is 0.531. The Morgan fingerprint density at radius 2 is 1.77 bits per heavy atom. The van der Waals surface area contributed by atoms with Gasteiger partial charge in [-0.2, -0.15) is 0 Å². The Kier molecular flexibility index (Phi) is 7.93. The lowest BCUT2D eigenvalue weighted by Gasteiger charge is -2.21. The molecule has 1 atom stereocenters. The predicted molar refractivity (Wildman–Crippen MR) is 129 cm³/mol. The molecule has 0 aliphatic carbocycles. The van der Waals surface area contributed by atoms with Crippen molar-refractivity contribution in [2.24, 2.45) is 4.99 Å². The molecule has 0 aromatic heterocycles. The standard InChI is InChI=1S/C25H35N5O/c1-5-29(6-2)24(31)21-11-9-20(10-12-21)17-27-25(26-4)28-22-15-16-30(18-22)23-13-7-19(3)8-14-23/h7-14,22H,5-6,15-18H2,1-4H3,(H2,26,27,28). The second kappa shape index (κ2) is 10.8. The fourth-order valence-electron chi connectivity index (χ4n) is 3.90. The van der Waals surface area contributed by atoms with Gasteiger partial charge in [-0.1, -0.05) is 29.8 Å². The fourth-order valence-corrected chi connectivity index (χ4v) is 3.90. The van der Waals surface area contributed by atoms with E-state index in [0.29, 0.717) is 12.6 Å². The Balaban J connectivity index is 1.49. The molecular formula is C25H35N5O.